The Labute approximate surface area is 179 Å². The molecule has 0 spiro atoms. The molecule has 3 rings (SSSR count). The average molecular weight is 484 g/mol. The van der Waals surface area contributed by atoms with Crippen LogP contribution in [0.3, 0.4) is 0 Å². The van der Waals surface area contributed by atoms with E-state index in [2.05, 4.69) is 20.9 Å². The van der Waals surface area contributed by atoms with Gasteiger partial charge in [-0.05, 0) is 39.7 Å². The Morgan fingerprint density at radius 3 is 2.66 bits per heavy atom. The number of nitrogens with zero attached hydrogens (tertiary/aromatic N) is 2. The SMILES string of the molecule is COc1ccc(Cn2cnc(CCO)c(Oc3cc(Cl)cc(Br)c3F)c2=O)cc1. The summed E-state index contributed by atoms with van der Waals surface area (Å²) in [6.07, 6.45) is 1.45. The van der Waals surface area contributed by atoms with Gasteiger partial charge in [0.2, 0.25) is 5.75 Å². The van der Waals surface area contributed by atoms with Gasteiger partial charge in [-0.1, -0.05) is 23.7 Å². The minimum absolute atomic E-state index is 0.0807. The highest BCUT2D eigenvalue weighted by Gasteiger charge is 2.18. The molecule has 1 aromatic heterocycles. The molecule has 0 saturated carbocycles. The number of aromatic nitrogens is 2. The molecule has 152 valence electrons. The van der Waals surface area contributed by atoms with Crippen molar-refractivity contribution in [1.82, 2.24) is 9.55 Å². The molecule has 0 atom stereocenters. The van der Waals surface area contributed by atoms with Crippen molar-refractivity contribution in [2.45, 2.75) is 13.0 Å². The number of aliphatic hydroxyl groups is 1. The first-order valence-electron chi connectivity index (χ1n) is 8.57. The summed E-state index contributed by atoms with van der Waals surface area (Å²) in [6.45, 7) is -0.0136. The Bertz CT molecular complexity index is 1070. The molecule has 1 heterocycles. The van der Waals surface area contributed by atoms with Gasteiger partial charge in [0.15, 0.2) is 11.6 Å². The topological polar surface area (TPSA) is 73.6 Å². The molecule has 6 nitrogen and oxygen atoms in total. The molecule has 1 N–H and O–H groups in total. The number of halogens is 3. The molecule has 3 aromatic rings. The number of benzene rings is 2. The van der Waals surface area contributed by atoms with Crippen molar-refractivity contribution in [1.29, 1.82) is 0 Å². The molecule has 0 unspecified atom stereocenters. The zero-order valence-corrected chi connectivity index (χ0v) is 17.7. The van der Waals surface area contributed by atoms with E-state index in [0.29, 0.717) is 5.75 Å². The van der Waals surface area contributed by atoms with Crippen LogP contribution in [0, 0.1) is 5.82 Å². The first kappa shape index (κ1) is 21.3. The van der Waals surface area contributed by atoms with Gasteiger partial charge in [-0.25, -0.2) is 9.37 Å². The fraction of sp³-hybridized carbons (Fsp3) is 0.200. The fourth-order valence-electron chi connectivity index (χ4n) is 2.65. The molecular formula is C20H17BrClFN2O4. The molecule has 9 heteroatoms. The van der Waals surface area contributed by atoms with Crippen LogP contribution in [0.4, 0.5) is 4.39 Å². The quantitative estimate of drug-likeness (QED) is 0.510. The van der Waals surface area contributed by atoms with Crippen molar-refractivity contribution in [3.8, 4) is 17.2 Å². The largest absolute Gasteiger partial charge is 0.497 e. The summed E-state index contributed by atoms with van der Waals surface area (Å²) in [5.74, 6) is -0.384. The summed E-state index contributed by atoms with van der Waals surface area (Å²) in [7, 11) is 1.57. The second-order valence-electron chi connectivity index (χ2n) is 6.08. The van der Waals surface area contributed by atoms with E-state index in [-0.39, 0.29) is 46.3 Å². The van der Waals surface area contributed by atoms with Crippen molar-refractivity contribution >= 4 is 27.5 Å². The van der Waals surface area contributed by atoms with Gasteiger partial charge in [0, 0.05) is 24.1 Å². The third-order valence-corrected chi connectivity index (χ3v) is 4.90. The lowest BCUT2D eigenvalue weighted by Crippen LogP contribution is -2.24. The second-order valence-corrected chi connectivity index (χ2v) is 7.37. The van der Waals surface area contributed by atoms with Crippen LogP contribution in [0.25, 0.3) is 0 Å². The van der Waals surface area contributed by atoms with Gasteiger partial charge < -0.3 is 14.6 Å². The van der Waals surface area contributed by atoms with Gasteiger partial charge in [-0.2, -0.15) is 0 Å². The standard InChI is InChI=1S/C20H17BrClFN2O4/c1-28-14-4-2-12(3-5-14)10-25-11-24-16(6-7-26)19(20(25)27)29-17-9-13(22)8-15(21)18(17)23/h2-5,8-9,11,26H,6-7,10H2,1H3. The van der Waals surface area contributed by atoms with E-state index in [1.54, 1.807) is 19.2 Å². The Balaban J connectivity index is 2.00. The third kappa shape index (κ3) is 4.95. The lowest BCUT2D eigenvalue weighted by Gasteiger charge is -2.14. The van der Waals surface area contributed by atoms with Gasteiger partial charge in [-0.15, -0.1) is 0 Å². The zero-order chi connectivity index (χ0) is 21.0. The number of hydrogen-bond donors (Lipinski definition) is 1. The predicted molar refractivity (Wildman–Crippen MR) is 111 cm³/mol. The minimum Gasteiger partial charge on any atom is -0.497 e. The molecule has 0 aliphatic rings. The number of aliphatic hydroxyl groups excluding tert-OH is 1. The highest BCUT2D eigenvalue weighted by molar-refractivity contribution is 9.10. The van der Waals surface area contributed by atoms with Crippen LogP contribution in [0.15, 0.2) is 52.0 Å². The highest BCUT2D eigenvalue weighted by Crippen LogP contribution is 2.32. The fourth-order valence-corrected chi connectivity index (χ4v) is 3.43. The highest BCUT2D eigenvalue weighted by atomic mass is 79.9. The molecule has 0 aliphatic carbocycles. The third-order valence-electron chi connectivity index (χ3n) is 4.10. The van der Waals surface area contributed by atoms with Crippen LogP contribution >= 0.6 is 27.5 Å². The second kappa shape index (κ2) is 9.39. The maximum absolute atomic E-state index is 14.4. The minimum atomic E-state index is -0.700. The Hall–Kier alpha value is -2.42. The Morgan fingerprint density at radius 2 is 2.00 bits per heavy atom. The van der Waals surface area contributed by atoms with Crippen molar-refractivity contribution in [3.63, 3.8) is 0 Å². The van der Waals surface area contributed by atoms with Crippen molar-refractivity contribution < 1.29 is 19.0 Å². The van der Waals surface area contributed by atoms with E-state index < -0.39 is 11.4 Å². The summed E-state index contributed by atoms with van der Waals surface area (Å²) in [5, 5.41) is 9.51. The number of ether oxygens (including phenoxy) is 2. The smallest absolute Gasteiger partial charge is 0.296 e. The maximum atomic E-state index is 14.4. The van der Waals surface area contributed by atoms with Crippen molar-refractivity contribution in [2.75, 3.05) is 13.7 Å². The summed E-state index contributed by atoms with van der Waals surface area (Å²) >= 11 is 9.03. The summed E-state index contributed by atoms with van der Waals surface area (Å²) in [6, 6.07) is 9.85. The lowest BCUT2D eigenvalue weighted by atomic mass is 10.2. The Morgan fingerprint density at radius 1 is 1.28 bits per heavy atom. The molecule has 0 fully saturated rings. The van der Waals surface area contributed by atoms with Crippen LogP contribution in [-0.2, 0) is 13.0 Å². The summed E-state index contributed by atoms with van der Waals surface area (Å²) in [4.78, 5) is 17.2. The normalized spacial score (nSPS) is 10.8. The molecular weight excluding hydrogens is 467 g/mol. The van der Waals surface area contributed by atoms with Crippen molar-refractivity contribution in [2.24, 2.45) is 0 Å². The molecule has 2 aromatic carbocycles. The monoisotopic (exact) mass is 482 g/mol. The van der Waals surface area contributed by atoms with Crippen LogP contribution < -0.4 is 15.0 Å². The molecule has 0 radical (unpaired) electrons. The van der Waals surface area contributed by atoms with Crippen LogP contribution in [-0.4, -0.2) is 28.4 Å². The van der Waals surface area contributed by atoms with E-state index in [9.17, 15) is 14.3 Å². The number of rotatable bonds is 7. The van der Waals surface area contributed by atoms with E-state index >= 15 is 0 Å². The zero-order valence-electron chi connectivity index (χ0n) is 15.4. The van der Waals surface area contributed by atoms with Gasteiger partial charge in [0.1, 0.15) is 5.75 Å². The first-order valence-corrected chi connectivity index (χ1v) is 9.74. The van der Waals surface area contributed by atoms with Crippen LogP contribution in [0.1, 0.15) is 11.3 Å². The molecule has 0 amide bonds. The van der Waals surface area contributed by atoms with Crippen LogP contribution in [0.5, 0.6) is 17.2 Å². The van der Waals surface area contributed by atoms with E-state index in [1.807, 2.05) is 12.1 Å². The molecule has 0 bridgehead atoms. The van der Waals surface area contributed by atoms with Crippen LogP contribution in [0.2, 0.25) is 5.02 Å². The predicted octanol–water partition coefficient (Wildman–Crippen LogP) is 4.18. The Kier molecular flexibility index (Phi) is 6.89. The first-order chi connectivity index (χ1) is 13.9. The maximum Gasteiger partial charge on any atom is 0.296 e. The van der Waals surface area contributed by atoms with Gasteiger partial charge in [0.05, 0.1) is 30.1 Å². The number of methoxy groups -OCH3 is 1. The molecule has 0 saturated heterocycles. The van der Waals surface area contributed by atoms with E-state index in [4.69, 9.17) is 21.1 Å². The summed E-state index contributed by atoms with van der Waals surface area (Å²) in [5.41, 5.74) is 0.556. The van der Waals surface area contributed by atoms with Gasteiger partial charge in [0.25, 0.3) is 5.56 Å². The van der Waals surface area contributed by atoms with E-state index in [0.717, 1.165) is 5.56 Å². The van der Waals surface area contributed by atoms with E-state index in [1.165, 1.54) is 23.0 Å². The molecule has 29 heavy (non-hydrogen) atoms. The number of hydrogen-bond acceptors (Lipinski definition) is 5. The summed E-state index contributed by atoms with van der Waals surface area (Å²) < 4.78 is 26.6. The van der Waals surface area contributed by atoms with Gasteiger partial charge >= 0.3 is 0 Å². The molecule has 0 aliphatic heterocycles. The van der Waals surface area contributed by atoms with Gasteiger partial charge in [-0.3, -0.25) is 9.36 Å². The lowest BCUT2D eigenvalue weighted by molar-refractivity contribution is 0.295. The van der Waals surface area contributed by atoms with Crippen molar-refractivity contribution in [3.05, 3.63) is 79.6 Å². The average Bonchev–Trinajstić information content (AvgIpc) is 2.71.